The number of aromatic nitrogens is 2. The Morgan fingerprint density at radius 3 is 2.08 bits per heavy atom. The second kappa shape index (κ2) is 19.4. The van der Waals surface area contributed by atoms with Gasteiger partial charge < -0.3 is 31.3 Å². The molecule has 5 N–H and O–H groups in total. The highest BCUT2D eigenvalue weighted by atomic mass is 16.4. The molecule has 52 heavy (non-hydrogen) atoms. The van der Waals surface area contributed by atoms with Crippen molar-refractivity contribution in [1.82, 2.24) is 36.1 Å². The van der Waals surface area contributed by atoms with E-state index in [4.69, 9.17) is 0 Å². The van der Waals surface area contributed by atoms with E-state index in [0.717, 1.165) is 6.42 Å². The predicted octanol–water partition coefficient (Wildman–Crippen LogP) is 1.67. The van der Waals surface area contributed by atoms with E-state index in [9.17, 15) is 38.7 Å². The highest BCUT2D eigenvalue weighted by Gasteiger charge is 2.49. The van der Waals surface area contributed by atoms with Crippen LogP contribution < -0.4 is 21.3 Å². The van der Waals surface area contributed by atoms with Gasteiger partial charge >= 0.3 is 5.97 Å². The number of carboxylic acid groups (broad SMARTS) is 1. The van der Waals surface area contributed by atoms with Crippen LogP contribution >= 0.6 is 0 Å². The molecule has 1 saturated heterocycles. The first-order chi connectivity index (χ1) is 24.7. The molecule has 15 nitrogen and oxygen atoms in total. The molecule has 0 spiro atoms. The van der Waals surface area contributed by atoms with Gasteiger partial charge in [0.2, 0.25) is 23.5 Å². The number of nitrogens with zero attached hydrogens (tertiary/aromatic N) is 3. The fourth-order valence-electron chi connectivity index (χ4n) is 6.14. The number of nitrogens with one attached hydrogen (secondary N) is 4. The summed E-state index contributed by atoms with van der Waals surface area (Å²) >= 11 is 0. The standard InChI is InChI=1S/C37H51N7O8/c1-7-12-24-20-44(36(50)29(22(5)6)43-33(47)28(21(3)4)42-32(46)27-19-38-16-17-39-27)30(24)34(48)40-25(13-8-2)31(45)35(49)41-26(37(51)52)18-23-14-10-9-11-15-23/h9-11,14-17,19,21-22,24-26,28-30H,7-8,12-13,18,20H2,1-6H3,(H,40,48)(H,41,49)(H,42,46)(H,43,47)(H,51,52)/t24?,25?,26-,28-,29?,30-/m0/s1. The molecule has 5 amide bonds. The van der Waals surface area contributed by atoms with Crippen LogP contribution in [0.25, 0.3) is 0 Å². The van der Waals surface area contributed by atoms with Crippen LogP contribution in [0.1, 0.15) is 83.3 Å². The van der Waals surface area contributed by atoms with Gasteiger partial charge in [-0.25, -0.2) is 9.78 Å². The van der Waals surface area contributed by atoms with Crippen molar-refractivity contribution in [3.63, 3.8) is 0 Å². The molecule has 0 radical (unpaired) electrons. The van der Waals surface area contributed by atoms with Gasteiger partial charge in [-0.3, -0.25) is 33.8 Å². The topological polar surface area (TPSA) is 217 Å². The molecular formula is C37H51N7O8. The Hall–Kier alpha value is -5.21. The van der Waals surface area contributed by atoms with Gasteiger partial charge in [-0.15, -0.1) is 0 Å². The summed E-state index contributed by atoms with van der Waals surface area (Å²) in [7, 11) is 0. The van der Waals surface area contributed by atoms with Gasteiger partial charge in [0.15, 0.2) is 0 Å². The van der Waals surface area contributed by atoms with Crippen molar-refractivity contribution in [3.8, 4) is 0 Å². The third kappa shape index (κ3) is 10.9. The number of hydrogen-bond acceptors (Lipinski definition) is 9. The number of carboxylic acids is 1. The van der Waals surface area contributed by atoms with Crippen molar-refractivity contribution in [3.05, 3.63) is 60.2 Å². The smallest absolute Gasteiger partial charge is 0.326 e. The molecule has 3 unspecified atom stereocenters. The highest BCUT2D eigenvalue weighted by molar-refractivity contribution is 6.38. The summed E-state index contributed by atoms with van der Waals surface area (Å²) in [4.78, 5) is 102. The lowest BCUT2D eigenvalue weighted by atomic mass is 9.82. The van der Waals surface area contributed by atoms with Crippen molar-refractivity contribution in [2.45, 2.75) is 104 Å². The molecule has 1 aromatic heterocycles. The summed E-state index contributed by atoms with van der Waals surface area (Å²) in [5.74, 6) is -6.74. The molecule has 0 aliphatic carbocycles. The molecule has 15 heteroatoms. The number of carbonyl (C=O) groups is 7. The number of hydrogen-bond donors (Lipinski definition) is 5. The quantitative estimate of drug-likeness (QED) is 0.132. The minimum Gasteiger partial charge on any atom is -0.480 e. The van der Waals surface area contributed by atoms with Crippen molar-refractivity contribution < 1.29 is 38.7 Å². The lowest BCUT2D eigenvalue weighted by Crippen LogP contribution is -2.69. The van der Waals surface area contributed by atoms with Gasteiger partial charge in [-0.05, 0) is 30.2 Å². The maximum Gasteiger partial charge on any atom is 0.326 e. The second-order valence-electron chi connectivity index (χ2n) is 13.8. The maximum absolute atomic E-state index is 14.0. The van der Waals surface area contributed by atoms with Gasteiger partial charge in [0.25, 0.3) is 11.8 Å². The van der Waals surface area contributed by atoms with Crippen molar-refractivity contribution in [1.29, 1.82) is 0 Å². The molecule has 3 rings (SSSR count). The van der Waals surface area contributed by atoms with E-state index in [1.165, 1.54) is 23.5 Å². The Morgan fingerprint density at radius 2 is 1.52 bits per heavy atom. The third-order valence-corrected chi connectivity index (χ3v) is 9.01. The zero-order chi connectivity index (χ0) is 38.5. The van der Waals surface area contributed by atoms with Gasteiger partial charge in [0, 0.05) is 31.3 Å². The summed E-state index contributed by atoms with van der Waals surface area (Å²) in [5, 5.41) is 20.1. The molecule has 1 aliphatic heterocycles. The van der Waals surface area contributed by atoms with Crippen molar-refractivity contribution in [2.24, 2.45) is 17.8 Å². The molecule has 0 bridgehead atoms. The lowest BCUT2D eigenvalue weighted by Gasteiger charge is -2.49. The molecule has 1 fully saturated rings. The van der Waals surface area contributed by atoms with Gasteiger partial charge in [0.1, 0.15) is 29.9 Å². The van der Waals surface area contributed by atoms with Crippen molar-refractivity contribution >= 4 is 41.3 Å². The molecule has 1 aliphatic rings. The Balaban J connectivity index is 1.75. The number of amides is 5. The Bertz CT molecular complexity index is 1570. The van der Waals surface area contributed by atoms with E-state index < -0.39 is 77.4 Å². The minimum absolute atomic E-state index is 0.0278. The van der Waals surface area contributed by atoms with Crippen LogP contribution in [-0.2, 0) is 35.2 Å². The summed E-state index contributed by atoms with van der Waals surface area (Å²) in [6, 6.07) is 3.01. The van der Waals surface area contributed by atoms with Crippen LogP contribution in [0, 0.1) is 17.8 Å². The third-order valence-electron chi connectivity index (χ3n) is 9.01. The number of rotatable bonds is 19. The lowest BCUT2D eigenvalue weighted by molar-refractivity contribution is -0.157. The monoisotopic (exact) mass is 721 g/mol. The SMILES string of the molecule is CCCC(NC(=O)[C@@H]1C(CCC)CN1C(=O)C(NC(=O)[C@@H](NC(=O)c1cnccn1)C(C)C)C(C)C)C(=O)C(=O)N[C@@H](Cc1ccccc1)C(=O)O. The number of likely N-dealkylation sites (tertiary alicyclic amines) is 1. The van der Waals surface area contributed by atoms with E-state index in [-0.39, 0.29) is 36.9 Å². The summed E-state index contributed by atoms with van der Waals surface area (Å²) in [6.07, 6.45) is 5.86. The first kappa shape index (κ1) is 41.2. The Labute approximate surface area is 304 Å². The average Bonchev–Trinajstić information content (AvgIpc) is 3.10. The normalized spacial score (nSPS) is 17.6. The molecule has 1 aromatic carbocycles. The largest absolute Gasteiger partial charge is 0.480 e. The van der Waals surface area contributed by atoms with Gasteiger partial charge in [0.05, 0.1) is 12.2 Å². The predicted molar refractivity (Wildman–Crippen MR) is 190 cm³/mol. The van der Waals surface area contributed by atoms with E-state index in [1.54, 1.807) is 65.0 Å². The summed E-state index contributed by atoms with van der Waals surface area (Å²) < 4.78 is 0. The first-order valence-electron chi connectivity index (χ1n) is 17.8. The fourth-order valence-corrected chi connectivity index (χ4v) is 6.14. The van der Waals surface area contributed by atoms with Crippen LogP contribution in [0.5, 0.6) is 0 Å². The van der Waals surface area contributed by atoms with Crippen LogP contribution in [0.4, 0.5) is 0 Å². The van der Waals surface area contributed by atoms with E-state index >= 15 is 0 Å². The molecule has 0 saturated carbocycles. The fraction of sp³-hybridized carbons (Fsp3) is 0.541. The molecule has 2 aromatic rings. The van der Waals surface area contributed by atoms with E-state index in [0.29, 0.717) is 18.4 Å². The molecule has 6 atom stereocenters. The zero-order valence-corrected chi connectivity index (χ0v) is 30.6. The maximum atomic E-state index is 14.0. The number of Topliss-reactive ketones (excluding diaryl/α,β-unsaturated/α-hetero) is 1. The summed E-state index contributed by atoms with van der Waals surface area (Å²) in [5.41, 5.74) is 0.681. The number of carbonyl (C=O) groups excluding carboxylic acids is 6. The highest BCUT2D eigenvalue weighted by Crippen LogP contribution is 2.31. The second-order valence-corrected chi connectivity index (χ2v) is 13.8. The Kier molecular flexibility index (Phi) is 15.4. The van der Waals surface area contributed by atoms with Crippen LogP contribution in [0.3, 0.4) is 0 Å². The van der Waals surface area contributed by atoms with Crippen molar-refractivity contribution in [2.75, 3.05) is 6.54 Å². The number of ketones is 1. The zero-order valence-electron chi connectivity index (χ0n) is 30.6. The van der Waals surface area contributed by atoms with Crippen LogP contribution in [0.15, 0.2) is 48.9 Å². The van der Waals surface area contributed by atoms with Gasteiger partial charge in [-0.1, -0.05) is 84.7 Å². The van der Waals surface area contributed by atoms with Crippen LogP contribution in [0.2, 0.25) is 0 Å². The minimum atomic E-state index is -1.37. The molecular weight excluding hydrogens is 670 g/mol. The Morgan fingerprint density at radius 1 is 0.846 bits per heavy atom. The first-order valence-corrected chi connectivity index (χ1v) is 17.8. The van der Waals surface area contributed by atoms with E-state index in [2.05, 4.69) is 31.2 Å². The summed E-state index contributed by atoms with van der Waals surface area (Å²) in [6.45, 7) is 11.0. The number of aliphatic carboxylic acids is 1. The molecule has 2 heterocycles. The van der Waals surface area contributed by atoms with Gasteiger partial charge in [-0.2, -0.15) is 0 Å². The van der Waals surface area contributed by atoms with Crippen LogP contribution in [-0.4, -0.2) is 98.0 Å². The average molecular weight is 722 g/mol. The van der Waals surface area contributed by atoms with E-state index in [1.807, 2.05) is 6.92 Å². The number of benzene rings is 1. The molecule has 282 valence electrons.